The SMILES string of the molecule is CCCCC(=O)N1CCCN(C(=O)c2cc(C)n(C3CC3)c2C)CC1. The van der Waals surface area contributed by atoms with Gasteiger partial charge in [0.2, 0.25) is 5.91 Å². The molecule has 0 atom stereocenters. The molecular weight excluding hydrogens is 314 g/mol. The van der Waals surface area contributed by atoms with Crippen LogP contribution in [0.25, 0.3) is 0 Å². The van der Waals surface area contributed by atoms with E-state index in [2.05, 4.69) is 25.3 Å². The van der Waals surface area contributed by atoms with Crippen LogP contribution < -0.4 is 0 Å². The molecule has 2 amide bonds. The van der Waals surface area contributed by atoms with Crippen molar-refractivity contribution in [2.45, 2.75) is 65.3 Å². The Morgan fingerprint density at radius 3 is 2.44 bits per heavy atom. The van der Waals surface area contributed by atoms with Crippen LogP contribution in [-0.2, 0) is 4.79 Å². The molecule has 0 radical (unpaired) electrons. The summed E-state index contributed by atoms with van der Waals surface area (Å²) in [6.07, 6.45) is 5.94. The van der Waals surface area contributed by atoms with Crippen molar-refractivity contribution in [3.63, 3.8) is 0 Å². The Balaban J connectivity index is 1.65. The smallest absolute Gasteiger partial charge is 0.255 e. The van der Waals surface area contributed by atoms with Crippen molar-refractivity contribution in [3.8, 4) is 0 Å². The van der Waals surface area contributed by atoms with Gasteiger partial charge in [0.05, 0.1) is 5.56 Å². The fourth-order valence-electron chi connectivity index (χ4n) is 3.91. The fraction of sp³-hybridized carbons (Fsp3) is 0.700. The van der Waals surface area contributed by atoms with E-state index in [9.17, 15) is 9.59 Å². The normalized spacial score (nSPS) is 18.4. The van der Waals surface area contributed by atoms with Gasteiger partial charge in [-0.2, -0.15) is 0 Å². The third-order valence-corrected chi connectivity index (χ3v) is 5.51. The first-order valence-corrected chi connectivity index (χ1v) is 9.78. The zero-order valence-corrected chi connectivity index (χ0v) is 15.9. The highest BCUT2D eigenvalue weighted by Crippen LogP contribution is 2.38. The molecule has 138 valence electrons. The predicted molar refractivity (Wildman–Crippen MR) is 98.8 cm³/mol. The van der Waals surface area contributed by atoms with Gasteiger partial charge in [0.15, 0.2) is 0 Å². The van der Waals surface area contributed by atoms with Crippen LogP contribution in [-0.4, -0.2) is 52.4 Å². The lowest BCUT2D eigenvalue weighted by Crippen LogP contribution is -2.37. The maximum atomic E-state index is 13.0. The molecule has 0 aromatic carbocycles. The maximum Gasteiger partial charge on any atom is 0.255 e. The summed E-state index contributed by atoms with van der Waals surface area (Å²) in [5.74, 6) is 0.367. The number of rotatable bonds is 5. The van der Waals surface area contributed by atoms with Gasteiger partial charge in [-0.15, -0.1) is 0 Å². The Hall–Kier alpha value is -1.78. The molecule has 1 aliphatic carbocycles. The third kappa shape index (κ3) is 3.91. The molecular formula is C20H31N3O2. The molecule has 2 fully saturated rings. The molecule has 1 aromatic rings. The molecule has 0 unspecified atom stereocenters. The number of aryl methyl sites for hydroxylation is 1. The molecule has 0 spiro atoms. The summed E-state index contributed by atoms with van der Waals surface area (Å²) in [6, 6.07) is 2.64. The quantitative estimate of drug-likeness (QED) is 0.822. The first kappa shape index (κ1) is 18.0. The number of carbonyl (C=O) groups is 2. The first-order chi connectivity index (χ1) is 12.0. The Morgan fingerprint density at radius 1 is 1.08 bits per heavy atom. The van der Waals surface area contributed by atoms with Gasteiger partial charge >= 0.3 is 0 Å². The van der Waals surface area contributed by atoms with Gasteiger partial charge < -0.3 is 14.4 Å². The molecule has 5 nitrogen and oxygen atoms in total. The van der Waals surface area contributed by atoms with Crippen molar-refractivity contribution in [1.29, 1.82) is 0 Å². The number of amides is 2. The van der Waals surface area contributed by atoms with Gasteiger partial charge in [-0.05, 0) is 45.6 Å². The molecule has 5 heteroatoms. The average Bonchev–Trinajstić information content (AvgIpc) is 3.40. The summed E-state index contributed by atoms with van der Waals surface area (Å²) in [6.45, 7) is 9.08. The van der Waals surface area contributed by atoms with E-state index in [0.29, 0.717) is 25.6 Å². The second kappa shape index (κ2) is 7.63. The Kier molecular flexibility index (Phi) is 5.50. The van der Waals surface area contributed by atoms with Crippen LogP contribution in [0.1, 0.15) is 73.2 Å². The number of unbranched alkanes of at least 4 members (excludes halogenated alkanes) is 1. The molecule has 1 saturated heterocycles. The number of aromatic nitrogens is 1. The van der Waals surface area contributed by atoms with Crippen molar-refractivity contribution in [3.05, 3.63) is 23.0 Å². The van der Waals surface area contributed by atoms with E-state index in [1.54, 1.807) is 0 Å². The highest BCUT2D eigenvalue weighted by Gasteiger charge is 2.30. The lowest BCUT2D eigenvalue weighted by molar-refractivity contribution is -0.131. The van der Waals surface area contributed by atoms with Crippen molar-refractivity contribution in [2.75, 3.05) is 26.2 Å². The minimum atomic E-state index is 0.128. The molecule has 2 heterocycles. The molecule has 0 N–H and O–H groups in total. The number of hydrogen-bond donors (Lipinski definition) is 0. The van der Waals surface area contributed by atoms with E-state index in [1.807, 2.05) is 15.9 Å². The first-order valence-electron chi connectivity index (χ1n) is 9.78. The second-order valence-electron chi connectivity index (χ2n) is 7.52. The van der Waals surface area contributed by atoms with Crippen molar-refractivity contribution >= 4 is 11.8 Å². The number of nitrogens with zero attached hydrogens (tertiary/aromatic N) is 3. The van der Waals surface area contributed by atoms with Gasteiger partial charge in [-0.1, -0.05) is 13.3 Å². The summed E-state index contributed by atoms with van der Waals surface area (Å²) in [5, 5.41) is 0. The molecule has 0 bridgehead atoms. The van der Waals surface area contributed by atoms with Crippen LogP contribution in [0.15, 0.2) is 6.07 Å². The van der Waals surface area contributed by atoms with Crippen LogP contribution in [0.4, 0.5) is 0 Å². The molecule has 1 saturated carbocycles. The van der Waals surface area contributed by atoms with Crippen LogP contribution in [0, 0.1) is 13.8 Å². The van der Waals surface area contributed by atoms with Crippen LogP contribution in [0.2, 0.25) is 0 Å². The summed E-state index contributed by atoms with van der Waals surface area (Å²) in [4.78, 5) is 29.2. The van der Waals surface area contributed by atoms with E-state index in [-0.39, 0.29) is 11.8 Å². The van der Waals surface area contributed by atoms with Crippen LogP contribution >= 0.6 is 0 Å². The van der Waals surface area contributed by atoms with Gasteiger partial charge in [0.25, 0.3) is 5.91 Å². The lowest BCUT2D eigenvalue weighted by Gasteiger charge is -2.22. The predicted octanol–water partition coefficient (Wildman–Crippen LogP) is 3.30. The Bertz CT molecular complexity index is 646. The van der Waals surface area contributed by atoms with Crippen LogP contribution in [0.3, 0.4) is 0 Å². The summed E-state index contributed by atoms with van der Waals surface area (Å²) in [5.41, 5.74) is 3.13. The number of hydrogen-bond acceptors (Lipinski definition) is 2. The molecule has 25 heavy (non-hydrogen) atoms. The highest BCUT2D eigenvalue weighted by atomic mass is 16.2. The van der Waals surface area contributed by atoms with Gasteiger partial charge in [-0.25, -0.2) is 0 Å². The minimum Gasteiger partial charge on any atom is -0.345 e. The van der Waals surface area contributed by atoms with Gasteiger partial charge in [0, 0.05) is 50.0 Å². The summed E-state index contributed by atoms with van der Waals surface area (Å²) >= 11 is 0. The average molecular weight is 345 g/mol. The van der Waals surface area contributed by atoms with E-state index in [0.717, 1.165) is 43.6 Å². The fourth-order valence-corrected chi connectivity index (χ4v) is 3.91. The monoisotopic (exact) mass is 345 g/mol. The molecule has 3 rings (SSSR count). The summed E-state index contributed by atoms with van der Waals surface area (Å²) in [7, 11) is 0. The molecule has 1 aromatic heterocycles. The highest BCUT2D eigenvalue weighted by molar-refractivity contribution is 5.95. The van der Waals surface area contributed by atoms with E-state index in [4.69, 9.17) is 0 Å². The van der Waals surface area contributed by atoms with Crippen molar-refractivity contribution in [1.82, 2.24) is 14.4 Å². The van der Waals surface area contributed by atoms with Gasteiger partial charge in [0.1, 0.15) is 0 Å². The Labute approximate surface area is 151 Å². The minimum absolute atomic E-state index is 0.128. The van der Waals surface area contributed by atoms with Crippen molar-refractivity contribution < 1.29 is 9.59 Å². The van der Waals surface area contributed by atoms with Gasteiger partial charge in [-0.3, -0.25) is 9.59 Å². The maximum absolute atomic E-state index is 13.0. The third-order valence-electron chi connectivity index (χ3n) is 5.51. The molecule has 2 aliphatic rings. The van der Waals surface area contributed by atoms with E-state index in [1.165, 1.54) is 18.5 Å². The van der Waals surface area contributed by atoms with Crippen LogP contribution in [0.5, 0.6) is 0 Å². The standard InChI is InChI=1S/C20H31N3O2/c1-4-5-7-19(24)21-10-6-11-22(13-12-21)20(25)18-14-15(2)23(16(18)3)17-8-9-17/h14,17H,4-13H2,1-3H3. The lowest BCUT2D eigenvalue weighted by atomic mass is 10.2. The van der Waals surface area contributed by atoms with Crippen molar-refractivity contribution in [2.24, 2.45) is 0 Å². The van der Waals surface area contributed by atoms with E-state index >= 15 is 0 Å². The summed E-state index contributed by atoms with van der Waals surface area (Å²) < 4.78 is 2.33. The van der Waals surface area contributed by atoms with E-state index < -0.39 is 0 Å². The zero-order valence-electron chi connectivity index (χ0n) is 15.9. The topological polar surface area (TPSA) is 45.6 Å². The Morgan fingerprint density at radius 2 is 1.76 bits per heavy atom. The number of carbonyl (C=O) groups excluding carboxylic acids is 2. The molecule has 1 aliphatic heterocycles. The second-order valence-corrected chi connectivity index (χ2v) is 7.52. The zero-order chi connectivity index (χ0) is 18.0. The largest absolute Gasteiger partial charge is 0.345 e.